The van der Waals surface area contributed by atoms with Gasteiger partial charge >= 0.3 is 0 Å². The molecule has 1 saturated heterocycles. The Hall–Kier alpha value is -3.22. The third-order valence-corrected chi connectivity index (χ3v) is 4.98. The highest BCUT2D eigenvalue weighted by molar-refractivity contribution is 6.00. The smallest absolute Gasteiger partial charge is 0.227 e. The Labute approximate surface area is 163 Å². The Morgan fingerprint density at radius 1 is 1.18 bits per heavy atom. The van der Waals surface area contributed by atoms with Crippen LogP contribution in [0.1, 0.15) is 12.0 Å². The van der Waals surface area contributed by atoms with Crippen molar-refractivity contribution in [1.29, 1.82) is 0 Å². The van der Waals surface area contributed by atoms with Gasteiger partial charge in [0.2, 0.25) is 11.8 Å². The summed E-state index contributed by atoms with van der Waals surface area (Å²) < 4.78 is 16.4. The summed E-state index contributed by atoms with van der Waals surface area (Å²) in [6.45, 7) is 1.70. The molecule has 1 N–H and O–H groups in total. The van der Waals surface area contributed by atoms with E-state index in [-0.39, 0.29) is 18.2 Å². The fourth-order valence-corrected chi connectivity index (χ4v) is 3.51. The molecule has 0 radical (unpaired) electrons. The molecule has 2 aromatic rings. The van der Waals surface area contributed by atoms with Gasteiger partial charge in [0.05, 0.1) is 13.0 Å². The lowest BCUT2D eigenvalue weighted by Gasteiger charge is -2.22. The maximum atomic E-state index is 12.6. The zero-order valence-electron chi connectivity index (χ0n) is 15.6. The SMILES string of the molecule is COc1ccccc1CNC(=O)C1CC(=O)N(c2ccc3c(c2)OCCO3)C1. The predicted octanol–water partition coefficient (Wildman–Crippen LogP) is 2.14. The summed E-state index contributed by atoms with van der Waals surface area (Å²) in [7, 11) is 1.60. The van der Waals surface area contributed by atoms with Crippen LogP contribution in [0.25, 0.3) is 0 Å². The zero-order valence-corrected chi connectivity index (χ0v) is 15.6. The number of methoxy groups -OCH3 is 1. The largest absolute Gasteiger partial charge is 0.496 e. The highest BCUT2D eigenvalue weighted by Gasteiger charge is 2.35. The Bertz CT molecular complexity index is 898. The van der Waals surface area contributed by atoms with Gasteiger partial charge in [-0.15, -0.1) is 0 Å². The Morgan fingerprint density at radius 2 is 1.96 bits per heavy atom. The van der Waals surface area contributed by atoms with E-state index < -0.39 is 5.92 Å². The molecule has 7 heteroatoms. The van der Waals surface area contributed by atoms with Crippen molar-refractivity contribution in [1.82, 2.24) is 5.32 Å². The number of para-hydroxylation sites is 1. The van der Waals surface area contributed by atoms with Crippen molar-refractivity contribution in [2.45, 2.75) is 13.0 Å². The molecule has 0 aromatic heterocycles. The summed E-state index contributed by atoms with van der Waals surface area (Å²) in [4.78, 5) is 26.7. The number of carbonyl (C=O) groups is 2. The van der Waals surface area contributed by atoms with Gasteiger partial charge in [-0.25, -0.2) is 0 Å². The van der Waals surface area contributed by atoms with E-state index in [1.807, 2.05) is 30.3 Å². The summed E-state index contributed by atoms with van der Waals surface area (Å²) in [5.41, 5.74) is 1.61. The monoisotopic (exact) mass is 382 g/mol. The molecule has 0 saturated carbocycles. The van der Waals surface area contributed by atoms with Gasteiger partial charge in [-0.2, -0.15) is 0 Å². The van der Waals surface area contributed by atoms with Crippen molar-refractivity contribution < 1.29 is 23.8 Å². The second-order valence-corrected chi connectivity index (χ2v) is 6.76. The van der Waals surface area contributed by atoms with Gasteiger partial charge in [0.1, 0.15) is 19.0 Å². The second kappa shape index (κ2) is 7.80. The lowest BCUT2D eigenvalue weighted by atomic mass is 10.1. The van der Waals surface area contributed by atoms with Gasteiger partial charge in [0.25, 0.3) is 0 Å². The van der Waals surface area contributed by atoms with E-state index in [9.17, 15) is 9.59 Å². The first-order chi connectivity index (χ1) is 13.7. The topological polar surface area (TPSA) is 77.1 Å². The van der Waals surface area contributed by atoms with Crippen molar-refractivity contribution >= 4 is 17.5 Å². The van der Waals surface area contributed by atoms with Crippen LogP contribution in [-0.2, 0) is 16.1 Å². The van der Waals surface area contributed by atoms with Gasteiger partial charge in [-0.1, -0.05) is 18.2 Å². The van der Waals surface area contributed by atoms with Crippen LogP contribution >= 0.6 is 0 Å². The average molecular weight is 382 g/mol. The summed E-state index contributed by atoms with van der Waals surface area (Å²) in [5.74, 6) is 1.42. The molecule has 1 fully saturated rings. The maximum Gasteiger partial charge on any atom is 0.227 e. The molecule has 0 aliphatic carbocycles. The number of hydrogen-bond acceptors (Lipinski definition) is 5. The van der Waals surface area contributed by atoms with Crippen LogP contribution in [0.2, 0.25) is 0 Å². The van der Waals surface area contributed by atoms with Crippen molar-refractivity contribution in [2.75, 3.05) is 31.8 Å². The molecule has 4 rings (SSSR count). The number of amides is 2. The number of anilines is 1. The van der Waals surface area contributed by atoms with Crippen molar-refractivity contribution in [3.05, 3.63) is 48.0 Å². The Balaban J connectivity index is 1.41. The van der Waals surface area contributed by atoms with Gasteiger partial charge in [0, 0.05) is 36.8 Å². The number of rotatable bonds is 5. The van der Waals surface area contributed by atoms with E-state index in [2.05, 4.69) is 5.32 Å². The van der Waals surface area contributed by atoms with Gasteiger partial charge in [-0.05, 0) is 18.2 Å². The van der Waals surface area contributed by atoms with Crippen molar-refractivity contribution in [2.24, 2.45) is 5.92 Å². The molecule has 2 heterocycles. The third kappa shape index (κ3) is 3.60. The minimum atomic E-state index is -0.393. The summed E-state index contributed by atoms with van der Waals surface area (Å²) in [6.07, 6.45) is 0.187. The highest BCUT2D eigenvalue weighted by Crippen LogP contribution is 2.36. The number of nitrogens with zero attached hydrogens (tertiary/aromatic N) is 1. The quantitative estimate of drug-likeness (QED) is 0.857. The molecule has 7 nitrogen and oxygen atoms in total. The molecular formula is C21H22N2O5. The Kier molecular flexibility index (Phi) is 5.06. The molecule has 1 unspecified atom stereocenters. The first kappa shape index (κ1) is 18.2. The first-order valence-corrected chi connectivity index (χ1v) is 9.25. The van der Waals surface area contributed by atoms with Crippen LogP contribution in [0, 0.1) is 5.92 Å². The summed E-state index contributed by atoms with van der Waals surface area (Å²) >= 11 is 0. The van der Waals surface area contributed by atoms with Crippen LogP contribution in [-0.4, -0.2) is 38.7 Å². The normalized spacial score (nSPS) is 18.1. The van der Waals surface area contributed by atoms with Crippen molar-refractivity contribution in [3.63, 3.8) is 0 Å². The molecule has 146 valence electrons. The third-order valence-electron chi connectivity index (χ3n) is 4.98. The van der Waals surface area contributed by atoms with Crippen LogP contribution in [0.4, 0.5) is 5.69 Å². The minimum Gasteiger partial charge on any atom is -0.496 e. The predicted molar refractivity (Wildman–Crippen MR) is 103 cm³/mol. The fourth-order valence-electron chi connectivity index (χ4n) is 3.51. The lowest BCUT2D eigenvalue weighted by molar-refractivity contribution is -0.126. The van der Waals surface area contributed by atoms with E-state index in [4.69, 9.17) is 14.2 Å². The fraction of sp³-hybridized carbons (Fsp3) is 0.333. The minimum absolute atomic E-state index is 0.0749. The van der Waals surface area contributed by atoms with Crippen LogP contribution in [0.5, 0.6) is 17.2 Å². The lowest BCUT2D eigenvalue weighted by Crippen LogP contribution is -2.32. The molecule has 2 aliphatic rings. The van der Waals surface area contributed by atoms with E-state index >= 15 is 0 Å². The molecule has 1 atom stereocenters. The molecule has 2 aromatic carbocycles. The van der Waals surface area contributed by atoms with E-state index in [0.717, 1.165) is 11.3 Å². The standard InChI is InChI=1S/C21H22N2O5/c1-26-17-5-3-2-4-14(17)12-22-21(25)15-10-20(24)23(13-15)16-6-7-18-19(11-16)28-9-8-27-18/h2-7,11,15H,8-10,12-13H2,1H3,(H,22,25). The number of hydrogen-bond donors (Lipinski definition) is 1. The zero-order chi connectivity index (χ0) is 19.5. The highest BCUT2D eigenvalue weighted by atomic mass is 16.6. The van der Waals surface area contributed by atoms with E-state index in [1.165, 1.54) is 0 Å². The van der Waals surface area contributed by atoms with Gasteiger partial charge in [-0.3, -0.25) is 9.59 Å². The summed E-state index contributed by atoms with van der Waals surface area (Å²) in [6, 6.07) is 12.9. The molecule has 2 aliphatic heterocycles. The van der Waals surface area contributed by atoms with Gasteiger partial charge in [0.15, 0.2) is 11.5 Å². The van der Waals surface area contributed by atoms with Crippen LogP contribution < -0.4 is 24.4 Å². The van der Waals surface area contributed by atoms with Crippen LogP contribution in [0.3, 0.4) is 0 Å². The maximum absolute atomic E-state index is 12.6. The first-order valence-electron chi connectivity index (χ1n) is 9.25. The molecule has 28 heavy (non-hydrogen) atoms. The number of benzene rings is 2. The molecule has 2 amide bonds. The summed E-state index contributed by atoms with van der Waals surface area (Å²) in [5, 5.41) is 2.92. The molecule has 0 bridgehead atoms. The van der Waals surface area contributed by atoms with E-state index in [1.54, 1.807) is 24.1 Å². The average Bonchev–Trinajstić information content (AvgIpc) is 3.13. The molecule has 0 spiro atoms. The number of nitrogens with one attached hydrogen (secondary N) is 1. The Morgan fingerprint density at radius 3 is 2.79 bits per heavy atom. The van der Waals surface area contributed by atoms with E-state index in [0.29, 0.717) is 43.5 Å². The number of ether oxygens (including phenoxy) is 3. The number of carbonyl (C=O) groups excluding carboxylic acids is 2. The second-order valence-electron chi connectivity index (χ2n) is 6.76. The van der Waals surface area contributed by atoms with Crippen molar-refractivity contribution in [3.8, 4) is 17.2 Å². The molecular weight excluding hydrogens is 360 g/mol. The van der Waals surface area contributed by atoms with Crippen LogP contribution in [0.15, 0.2) is 42.5 Å². The van der Waals surface area contributed by atoms with Gasteiger partial charge < -0.3 is 24.4 Å². The number of fused-ring (bicyclic) bond motifs is 1.